The van der Waals surface area contributed by atoms with Crippen molar-refractivity contribution in [2.24, 2.45) is 5.92 Å². The Morgan fingerprint density at radius 1 is 1.09 bits per heavy atom. The average molecular weight is 462 g/mol. The van der Waals surface area contributed by atoms with E-state index in [1.807, 2.05) is 26.0 Å². The molecule has 6 nitrogen and oxygen atoms in total. The van der Waals surface area contributed by atoms with Crippen LogP contribution in [0.4, 0.5) is 15.9 Å². The molecule has 1 aliphatic rings. The van der Waals surface area contributed by atoms with E-state index in [-0.39, 0.29) is 23.6 Å². The number of hydrogen-bond donors (Lipinski definition) is 1. The largest absolute Gasteiger partial charge is 0.466 e. The van der Waals surface area contributed by atoms with E-state index >= 15 is 0 Å². The number of carbonyl (C=O) groups is 2. The first-order valence-electron chi connectivity index (χ1n) is 11.5. The first-order chi connectivity index (χ1) is 16.5. The number of halogens is 1. The summed E-state index contributed by atoms with van der Waals surface area (Å²) in [7, 11) is 0. The Morgan fingerprint density at radius 3 is 2.53 bits per heavy atom. The number of hydrogen-bond acceptors (Lipinski definition) is 5. The zero-order valence-electron chi connectivity index (χ0n) is 19.4. The number of nitrogens with zero attached hydrogens (tertiary/aromatic N) is 2. The summed E-state index contributed by atoms with van der Waals surface area (Å²) in [6.45, 7) is 5.55. The van der Waals surface area contributed by atoms with Crippen molar-refractivity contribution in [3.05, 3.63) is 77.7 Å². The van der Waals surface area contributed by atoms with Crippen LogP contribution in [0.2, 0.25) is 0 Å². The molecule has 1 aromatic heterocycles. The highest BCUT2D eigenvalue weighted by Gasteiger charge is 2.26. The van der Waals surface area contributed by atoms with Gasteiger partial charge < -0.3 is 15.0 Å². The van der Waals surface area contributed by atoms with Gasteiger partial charge in [0.2, 0.25) is 0 Å². The molecule has 0 radical (unpaired) electrons. The maximum atomic E-state index is 14.3. The van der Waals surface area contributed by atoms with Gasteiger partial charge in [0.05, 0.1) is 18.1 Å². The molecule has 1 N–H and O–H groups in total. The molecule has 1 saturated heterocycles. The van der Waals surface area contributed by atoms with Crippen molar-refractivity contribution < 1.29 is 18.7 Å². The summed E-state index contributed by atoms with van der Waals surface area (Å²) in [5, 5.41) is 2.88. The summed E-state index contributed by atoms with van der Waals surface area (Å²) in [5.41, 5.74) is 3.16. The second-order valence-corrected chi connectivity index (χ2v) is 8.38. The molecule has 4 rings (SSSR count). The lowest BCUT2D eigenvalue weighted by atomic mass is 9.97. The van der Waals surface area contributed by atoms with E-state index < -0.39 is 0 Å². The predicted octanol–water partition coefficient (Wildman–Crippen LogP) is 5.23. The highest BCUT2D eigenvalue weighted by Crippen LogP contribution is 2.29. The van der Waals surface area contributed by atoms with Gasteiger partial charge in [-0.15, -0.1) is 0 Å². The van der Waals surface area contributed by atoms with E-state index in [9.17, 15) is 14.0 Å². The number of anilines is 2. The number of pyridine rings is 1. The van der Waals surface area contributed by atoms with Crippen LogP contribution >= 0.6 is 0 Å². The van der Waals surface area contributed by atoms with E-state index in [0.29, 0.717) is 36.5 Å². The molecule has 2 heterocycles. The summed E-state index contributed by atoms with van der Waals surface area (Å²) in [5.74, 6) is -0.0130. The fourth-order valence-electron chi connectivity index (χ4n) is 4.18. The zero-order valence-corrected chi connectivity index (χ0v) is 19.4. The molecule has 0 aliphatic carbocycles. The standard InChI is InChI=1S/C27H28FN3O3/c1-3-34-27(33)19-12-14-31(15-13-19)25-11-9-20(17-29-25)26(32)30-21-10-8-18(2)23(16-21)22-6-4-5-7-24(22)28/h4-11,16-17,19H,3,12-15H2,1-2H3,(H,30,32). The lowest BCUT2D eigenvalue weighted by molar-refractivity contribution is -0.148. The van der Waals surface area contributed by atoms with Gasteiger partial charge in [-0.2, -0.15) is 0 Å². The van der Waals surface area contributed by atoms with Crippen molar-refractivity contribution in [2.45, 2.75) is 26.7 Å². The Morgan fingerprint density at radius 2 is 1.85 bits per heavy atom. The van der Waals surface area contributed by atoms with Crippen LogP contribution in [0.1, 0.15) is 35.7 Å². The molecular formula is C27H28FN3O3. The molecule has 0 spiro atoms. The predicted molar refractivity (Wildman–Crippen MR) is 130 cm³/mol. The number of piperidine rings is 1. The van der Waals surface area contributed by atoms with Crippen molar-refractivity contribution in [3.8, 4) is 11.1 Å². The molecule has 0 saturated carbocycles. The molecule has 0 bridgehead atoms. The summed E-state index contributed by atoms with van der Waals surface area (Å²) in [6.07, 6.45) is 3.00. The first kappa shape index (κ1) is 23.4. The number of nitrogens with one attached hydrogen (secondary N) is 1. The number of amides is 1. The lowest BCUT2D eigenvalue weighted by Gasteiger charge is -2.31. The third-order valence-electron chi connectivity index (χ3n) is 6.11. The van der Waals surface area contributed by atoms with E-state index in [2.05, 4.69) is 15.2 Å². The monoisotopic (exact) mass is 461 g/mol. The lowest BCUT2D eigenvalue weighted by Crippen LogP contribution is -2.37. The van der Waals surface area contributed by atoms with E-state index in [4.69, 9.17) is 4.74 Å². The Kier molecular flexibility index (Phi) is 7.21. The fourth-order valence-corrected chi connectivity index (χ4v) is 4.18. The van der Waals surface area contributed by atoms with Crippen LogP contribution in [0.5, 0.6) is 0 Å². The number of aryl methyl sites for hydroxylation is 1. The Labute approximate surface area is 198 Å². The highest BCUT2D eigenvalue weighted by molar-refractivity contribution is 6.04. The third-order valence-corrected chi connectivity index (χ3v) is 6.11. The molecule has 34 heavy (non-hydrogen) atoms. The maximum Gasteiger partial charge on any atom is 0.309 e. The Hall–Kier alpha value is -3.74. The molecule has 0 atom stereocenters. The van der Waals surface area contributed by atoms with Gasteiger partial charge in [-0.1, -0.05) is 24.3 Å². The molecule has 1 amide bonds. The van der Waals surface area contributed by atoms with Crippen molar-refractivity contribution >= 4 is 23.4 Å². The highest BCUT2D eigenvalue weighted by atomic mass is 19.1. The number of rotatable bonds is 6. The molecular weight excluding hydrogens is 433 g/mol. The third kappa shape index (κ3) is 5.25. The van der Waals surface area contributed by atoms with E-state index in [1.165, 1.54) is 6.07 Å². The quantitative estimate of drug-likeness (QED) is 0.509. The van der Waals surface area contributed by atoms with Gasteiger partial charge >= 0.3 is 5.97 Å². The molecule has 0 unspecified atom stereocenters. The summed E-state index contributed by atoms with van der Waals surface area (Å²) in [6, 6.07) is 15.6. The molecule has 7 heteroatoms. The van der Waals surface area contributed by atoms with Crippen LogP contribution in [0.3, 0.4) is 0 Å². The number of carbonyl (C=O) groups excluding carboxylic acids is 2. The van der Waals surface area contributed by atoms with Gasteiger partial charge in [0.1, 0.15) is 11.6 Å². The van der Waals surface area contributed by atoms with Crippen molar-refractivity contribution in [1.29, 1.82) is 0 Å². The topological polar surface area (TPSA) is 71.5 Å². The van der Waals surface area contributed by atoms with Crippen molar-refractivity contribution in [2.75, 3.05) is 29.9 Å². The van der Waals surface area contributed by atoms with Gasteiger partial charge in [-0.3, -0.25) is 9.59 Å². The average Bonchev–Trinajstić information content (AvgIpc) is 2.86. The maximum absolute atomic E-state index is 14.3. The van der Waals surface area contributed by atoms with Gasteiger partial charge in [0.25, 0.3) is 5.91 Å². The fraction of sp³-hybridized carbons (Fsp3) is 0.296. The molecule has 1 fully saturated rings. The number of esters is 1. The Bertz CT molecular complexity index is 1170. The molecule has 176 valence electrons. The van der Waals surface area contributed by atoms with Crippen LogP contribution in [-0.2, 0) is 9.53 Å². The minimum Gasteiger partial charge on any atom is -0.466 e. The minimum absolute atomic E-state index is 0.0648. The van der Waals surface area contributed by atoms with Crippen LogP contribution in [0, 0.1) is 18.7 Å². The van der Waals surface area contributed by atoms with Gasteiger partial charge in [-0.05, 0) is 68.1 Å². The SMILES string of the molecule is CCOC(=O)C1CCN(c2ccc(C(=O)Nc3ccc(C)c(-c4ccccc4F)c3)cn2)CC1. The second kappa shape index (κ2) is 10.5. The van der Waals surface area contributed by atoms with Crippen LogP contribution in [0.15, 0.2) is 60.8 Å². The normalized spacial score (nSPS) is 14.0. The molecule has 3 aromatic rings. The van der Waals surface area contributed by atoms with Crippen LogP contribution < -0.4 is 10.2 Å². The summed E-state index contributed by atoms with van der Waals surface area (Å²) < 4.78 is 19.4. The van der Waals surface area contributed by atoms with Gasteiger partial charge in [-0.25, -0.2) is 9.37 Å². The second-order valence-electron chi connectivity index (χ2n) is 8.38. The van der Waals surface area contributed by atoms with Gasteiger partial charge in [0.15, 0.2) is 0 Å². The summed E-state index contributed by atoms with van der Waals surface area (Å²) in [4.78, 5) is 31.3. The molecule has 2 aromatic carbocycles. The number of aromatic nitrogens is 1. The van der Waals surface area contributed by atoms with Crippen molar-refractivity contribution in [3.63, 3.8) is 0 Å². The summed E-state index contributed by atoms with van der Waals surface area (Å²) >= 11 is 0. The number of ether oxygens (including phenoxy) is 1. The molecule has 1 aliphatic heterocycles. The van der Waals surface area contributed by atoms with Crippen LogP contribution in [0.25, 0.3) is 11.1 Å². The van der Waals surface area contributed by atoms with Crippen molar-refractivity contribution in [1.82, 2.24) is 4.98 Å². The number of benzene rings is 2. The van der Waals surface area contributed by atoms with Gasteiger partial charge in [0, 0.05) is 30.5 Å². The minimum atomic E-state index is -0.305. The first-order valence-corrected chi connectivity index (χ1v) is 11.5. The van der Waals surface area contributed by atoms with Crippen LogP contribution in [-0.4, -0.2) is 36.6 Å². The zero-order chi connectivity index (χ0) is 24.1. The van der Waals surface area contributed by atoms with E-state index in [0.717, 1.165) is 29.8 Å². The smallest absolute Gasteiger partial charge is 0.309 e. The Balaban J connectivity index is 1.41. The van der Waals surface area contributed by atoms with E-state index in [1.54, 1.807) is 42.6 Å².